The standard InChI is InChI=1S/C8H18O2.C7H15.CH3.W/c1-5-7(9)6-10-8(2,3)4;1-6(2)7(3,4)5;;/h7,9H,5-6H2,1-4H3;1-5H3;1H3;/q;2*-1;+2. The van der Waals surface area contributed by atoms with Crippen LogP contribution < -0.4 is 0 Å². The number of hydrogen-bond donors (Lipinski definition) is 1. The summed E-state index contributed by atoms with van der Waals surface area (Å²) in [6.45, 7) is 19.3. The summed E-state index contributed by atoms with van der Waals surface area (Å²) in [5.41, 5.74) is 0.288. The Labute approximate surface area is 137 Å². The smallest absolute Gasteiger partial charge is 0.391 e. The van der Waals surface area contributed by atoms with Crippen LogP contribution in [-0.4, -0.2) is 23.4 Å². The Balaban J connectivity index is -0.000000112. The van der Waals surface area contributed by atoms with E-state index in [-0.39, 0.29) is 40.2 Å². The first kappa shape index (κ1) is 27.9. The van der Waals surface area contributed by atoms with Crippen LogP contribution in [0.1, 0.15) is 68.7 Å². The molecule has 0 aliphatic heterocycles. The van der Waals surface area contributed by atoms with E-state index in [1.807, 2.05) is 27.7 Å². The summed E-state index contributed by atoms with van der Waals surface area (Å²) in [6, 6.07) is 0. The molecule has 0 aromatic heterocycles. The molecule has 0 saturated heterocycles. The van der Waals surface area contributed by atoms with Gasteiger partial charge in [-0.2, -0.15) is 19.3 Å². The predicted octanol–water partition coefficient (Wildman–Crippen LogP) is 4.67. The van der Waals surface area contributed by atoms with Gasteiger partial charge in [0.15, 0.2) is 0 Å². The summed E-state index contributed by atoms with van der Waals surface area (Å²) in [6.07, 6.45) is 0.454. The van der Waals surface area contributed by atoms with Gasteiger partial charge in [0.05, 0.1) is 18.3 Å². The molecule has 0 fully saturated rings. The van der Waals surface area contributed by atoms with E-state index in [1.165, 1.54) is 5.92 Å². The van der Waals surface area contributed by atoms with E-state index in [4.69, 9.17) is 9.84 Å². The van der Waals surface area contributed by atoms with Crippen molar-refractivity contribution in [2.45, 2.75) is 80.4 Å². The summed E-state index contributed by atoms with van der Waals surface area (Å²) in [5.74, 6) is 1.49. The molecule has 0 spiro atoms. The Morgan fingerprint density at radius 3 is 1.53 bits per heavy atom. The SMILES string of the molecule is CCC(O)COC(C)(C)C.C[C-](C)C(C)(C)C.[CH3-].[W+2]. The van der Waals surface area contributed by atoms with Gasteiger partial charge in [-0.25, -0.2) is 0 Å². The van der Waals surface area contributed by atoms with Crippen molar-refractivity contribution in [1.82, 2.24) is 0 Å². The molecule has 0 aromatic carbocycles. The molecule has 0 aromatic rings. The van der Waals surface area contributed by atoms with E-state index in [2.05, 4.69) is 34.6 Å². The van der Waals surface area contributed by atoms with Crippen molar-refractivity contribution < 1.29 is 30.9 Å². The molecule has 0 aliphatic carbocycles. The summed E-state index contributed by atoms with van der Waals surface area (Å²) in [4.78, 5) is 0. The van der Waals surface area contributed by atoms with Crippen LogP contribution in [0.2, 0.25) is 0 Å². The van der Waals surface area contributed by atoms with E-state index in [9.17, 15) is 0 Å². The zero-order valence-corrected chi connectivity index (χ0v) is 17.7. The van der Waals surface area contributed by atoms with E-state index >= 15 is 0 Å². The summed E-state index contributed by atoms with van der Waals surface area (Å²) in [7, 11) is 0. The van der Waals surface area contributed by atoms with Gasteiger partial charge in [-0.05, 0) is 27.2 Å². The van der Waals surface area contributed by atoms with Gasteiger partial charge < -0.3 is 23.2 Å². The Morgan fingerprint density at radius 2 is 1.37 bits per heavy atom. The third kappa shape index (κ3) is 24.1. The first-order valence-electron chi connectivity index (χ1n) is 6.52. The maximum absolute atomic E-state index is 9.10. The molecule has 0 bridgehead atoms. The summed E-state index contributed by atoms with van der Waals surface area (Å²) < 4.78 is 5.33. The van der Waals surface area contributed by atoms with Gasteiger partial charge in [-0.1, -0.05) is 27.7 Å². The topological polar surface area (TPSA) is 29.5 Å². The maximum atomic E-state index is 9.10. The van der Waals surface area contributed by atoms with E-state index in [1.54, 1.807) is 0 Å². The third-order valence-corrected chi connectivity index (χ3v) is 2.68. The van der Waals surface area contributed by atoms with Crippen molar-refractivity contribution >= 4 is 0 Å². The molecule has 0 rings (SSSR count). The third-order valence-electron chi connectivity index (χ3n) is 2.68. The molecule has 2 nitrogen and oxygen atoms in total. The summed E-state index contributed by atoms with van der Waals surface area (Å²) >= 11 is 0. The number of hydrogen-bond acceptors (Lipinski definition) is 2. The Kier molecular flexibility index (Phi) is 18.1. The minimum absolute atomic E-state index is 0. The molecule has 0 amide bonds. The molecule has 118 valence electrons. The molecule has 1 unspecified atom stereocenters. The Morgan fingerprint density at radius 1 is 1.05 bits per heavy atom. The average Bonchev–Trinajstić information content (AvgIpc) is 2.12. The van der Waals surface area contributed by atoms with Gasteiger partial charge in [0, 0.05) is 0 Å². The van der Waals surface area contributed by atoms with Crippen LogP contribution in [0.3, 0.4) is 0 Å². The summed E-state index contributed by atoms with van der Waals surface area (Å²) in [5, 5.41) is 9.10. The molecule has 19 heavy (non-hydrogen) atoms. The zero-order chi connectivity index (χ0) is 14.3. The van der Waals surface area contributed by atoms with Crippen LogP contribution >= 0.6 is 0 Å². The molecule has 0 aliphatic rings. The second-order valence-electron chi connectivity index (χ2n) is 6.74. The fourth-order valence-electron chi connectivity index (χ4n) is 0.464. The first-order chi connectivity index (χ1) is 7.40. The van der Waals surface area contributed by atoms with Crippen molar-refractivity contribution in [3.8, 4) is 0 Å². The maximum Gasteiger partial charge on any atom is 2.00 e. The second kappa shape index (κ2) is 12.4. The number of aliphatic hydroxyl groups excluding tert-OH is 1. The van der Waals surface area contributed by atoms with Crippen molar-refractivity contribution in [2.75, 3.05) is 6.61 Å². The van der Waals surface area contributed by atoms with E-state index in [0.29, 0.717) is 12.0 Å². The molecule has 0 heterocycles. The van der Waals surface area contributed by atoms with Crippen molar-refractivity contribution in [2.24, 2.45) is 5.41 Å². The minimum Gasteiger partial charge on any atom is -0.391 e. The predicted molar refractivity (Wildman–Crippen MR) is 82.5 cm³/mol. The number of ether oxygens (including phenoxy) is 1. The normalized spacial score (nSPS) is 12.8. The quantitative estimate of drug-likeness (QED) is 0.642. The van der Waals surface area contributed by atoms with E-state index in [0.717, 1.165) is 6.42 Å². The van der Waals surface area contributed by atoms with Crippen LogP contribution in [0.25, 0.3) is 0 Å². The fourth-order valence-corrected chi connectivity index (χ4v) is 0.464. The first-order valence-corrected chi connectivity index (χ1v) is 6.52. The van der Waals surface area contributed by atoms with Crippen molar-refractivity contribution in [3.05, 3.63) is 13.3 Å². The average molecular weight is 444 g/mol. The molecular formula is C16H36O2W. The molecule has 0 saturated carbocycles. The largest absolute Gasteiger partial charge is 2.00 e. The van der Waals surface area contributed by atoms with Gasteiger partial charge in [-0.3, -0.25) is 0 Å². The minimum atomic E-state index is -0.306. The van der Waals surface area contributed by atoms with Gasteiger partial charge in [-0.15, -0.1) is 0 Å². The molecular weight excluding hydrogens is 408 g/mol. The van der Waals surface area contributed by atoms with Crippen LogP contribution in [0, 0.1) is 18.8 Å². The van der Waals surface area contributed by atoms with Crippen molar-refractivity contribution in [1.29, 1.82) is 0 Å². The monoisotopic (exact) mass is 444 g/mol. The Bertz CT molecular complexity index is 178. The van der Waals surface area contributed by atoms with Gasteiger partial charge in [0.1, 0.15) is 0 Å². The molecule has 1 N–H and O–H groups in total. The number of rotatable bonds is 3. The van der Waals surface area contributed by atoms with Crippen molar-refractivity contribution in [3.63, 3.8) is 0 Å². The van der Waals surface area contributed by atoms with Crippen LogP contribution in [0.15, 0.2) is 0 Å². The van der Waals surface area contributed by atoms with Gasteiger partial charge >= 0.3 is 21.1 Å². The van der Waals surface area contributed by atoms with Crippen LogP contribution in [-0.2, 0) is 25.8 Å². The number of aliphatic hydroxyl groups is 1. The molecule has 3 heteroatoms. The van der Waals surface area contributed by atoms with Gasteiger partial charge in [0.25, 0.3) is 0 Å². The molecule has 1 atom stereocenters. The van der Waals surface area contributed by atoms with Crippen LogP contribution in [0.5, 0.6) is 0 Å². The van der Waals surface area contributed by atoms with E-state index < -0.39 is 0 Å². The Hall–Kier alpha value is 0.608. The van der Waals surface area contributed by atoms with Crippen LogP contribution in [0.4, 0.5) is 0 Å². The van der Waals surface area contributed by atoms with Gasteiger partial charge in [0.2, 0.25) is 0 Å². The zero-order valence-electron chi connectivity index (χ0n) is 14.8. The second-order valence-corrected chi connectivity index (χ2v) is 6.74. The molecule has 0 radical (unpaired) electrons. The fraction of sp³-hybridized carbons (Fsp3) is 0.875.